The molecule has 0 saturated carbocycles. The number of morpholine rings is 1. The largest absolute Gasteiger partial charge is 0.375 e. The van der Waals surface area contributed by atoms with Crippen molar-refractivity contribution in [3.05, 3.63) is 0 Å². The quantitative estimate of drug-likeness (QED) is 0.831. The number of piperidine rings is 1. The zero-order valence-electron chi connectivity index (χ0n) is 12.2. The minimum Gasteiger partial charge on any atom is -0.375 e. The lowest BCUT2D eigenvalue weighted by atomic mass is 9.94. The van der Waals surface area contributed by atoms with E-state index in [1.165, 1.54) is 0 Å². The Bertz CT molecular complexity index is 325. The highest BCUT2D eigenvalue weighted by Gasteiger charge is 2.33. The number of carbonyl (C=O) groups is 1. The van der Waals surface area contributed by atoms with Crippen LogP contribution in [-0.2, 0) is 14.3 Å². The smallest absolute Gasteiger partial charge is 0.223 e. The predicted molar refractivity (Wildman–Crippen MR) is 75.5 cm³/mol. The Hall–Kier alpha value is -0.650. The highest BCUT2D eigenvalue weighted by molar-refractivity contribution is 5.76. The van der Waals surface area contributed by atoms with Crippen LogP contribution in [0, 0.1) is 5.92 Å². The first-order valence-corrected chi connectivity index (χ1v) is 8.04. The van der Waals surface area contributed by atoms with E-state index in [1.807, 2.05) is 4.90 Å². The summed E-state index contributed by atoms with van der Waals surface area (Å²) in [6.45, 7) is 5.07. The van der Waals surface area contributed by atoms with E-state index in [0.29, 0.717) is 31.4 Å². The fourth-order valence-corrected chi connectivity index (χ4v) is 3.48. The van der Waals surface area contributed by atoms with Gasteiger partial charge in [0.15, 0.2) is 0 Å². The van der Waals surface area contributed by atoms with Crippen LogP contribution in [0.3, 0.4) is 0 Å². The maximum atomic E-state index is 12.4. The molecule has 0 aromatic rings. The molecule has 0 spiro atoms. The van der Waals surface area contributed by atoms with Gasteiger partial charge in [-0.05, 0) is 44.7 Å². The van der Waals surface area contributed by atoms with Crippen LogP contribution in [0.15, 0.2) is 0 Å². The number of nitrogens with one attached hydrogen (secondary N) is 1. The topological polar surface area (TPSA) is 50.8 Å². The van der Waals surface area contributed by atoms with E-state index in [4.69, 9.17) is 9.47 Å². The lowest BCUT2D eigenvalue weighted by molar-refractivity contribution is -0.145. The summed E-state index contributed by atoms with van der Waals surface area (Å²) in [5.74, 6) is 0.871. The van der Waals surface area contributed by atoms with Gasteiger partial charge in [0.25, 0.3) is 0 Å². The molecule has 3 heterocycles. The zero-order chi connectivity index (χ0) is 13.8. The molecule has 3 aliphatic heterocycles. The SMILES string of the molecule is O=C(CC1CCNCC1)N1CCO[C@@H]([C@H]2CCCO2)C1. The van der Waals surface area contributed by atoms with Crippen molar-refractivity contribution in [2.45, 2.75) is 44.3 Å². The molecule has 3 saturated heterocycles. The average Bonchev–Trinajstić information content (AvgIpc) is 3.03. The summed E-state index contributed by atoms with van der Waals surface area (Å²) in [6.07, 6.45) is 5.44. The van der Waals surface area contributed by atoms with Crippen LogP contribution in [-0.4, -0.2) is 62.4 Å². The van der Waals surface area contributed by atoms with Crippen LogP contribution < -0.4 is 5.32 Å². The van der Waals surface area contributed by atoms with E-state index < -0.39 is 0 Å². The van der Waals surface area contributed by atoms with Gasteiger partial charge in [0.2, 0.25) is 5.91 Å². The van der Waals surface area contributed by atoms with Gasteiger partial charge in [-0.1, -0.05) is 0 Å². The number of amides is 1. The van der Waals surface area contributed by atoms with Gasteiger partial charge in [0, 0.05) is 26.1 Å². The van der Waals surface area contributed by atoms with E-state index in [-0.39, 0.29) is 12.2 Å². The normalized spacial score (nSPS) is 32.5. The van der Waals surface area contributed by atoms with Gasteiger partial charge in [-0.25, -0.2) is 0 Å². The Morgan fingerprint density at radius 1 is 1.10 bits per heavy atom. The second-order valence-corrected chi connectivity index (χ2v) is 6.20. The van der Waals surface area contributed by atoms with Crippen LogP contribution in [0.25, 0.3) is 0 Å². The van der Waals surface area contributed by atoms with E-state index in [0.717, 1.165) is 51.9 Å². The molecule has 0 radical (unpaired) electrons. The molecule has 3 rings (SSSR count). The van der Waals surface area contributed by atoms with Crippen LogP contribution >= 0.6 is 0 Å². The summed E-state index contributed by atoms with van der Waals surface area (Å²) in [5, 5.41) is 3.35. The maximum absolute atomic E-state index is 12.4. The summed E-state index contributed by atoms with van der Waals surface area (Å²) in [4.78, 5) is 14.4. The summed E-state index contributed by atoms with van der Waals surface area (Å²) in [7, 11) is 0. The highest BCUT2D eigenvalue weighted by Crippen LogP contribution is 2.23. The van der Waals surface area contributed by atoms with Crippen molar-refractivity contribution in [2.75, 3.05) is 39.4 Å². The van der Waals surface area contributed by atoms with Crippen molar-refractivity contribution in [3.63, 3.8) is 0 Å². The summed E-state index contributed by atoms with van der Waals surface area (Å²) >= 11 is 0. The van der Waals surface area contributed by atoms with Crippen LogP contribution in [0.4, 0.5) is 0 Å². The van der Waals surface area contributed by atoms with E-state index in [2.05, 4.69) is 5.32 Å². The van der Waals surface area contributed by atoms with Gasteiger partial charge in [0.05, 0.1) is 12.7 Å². The Morgan fingerprint density at radius 2 is 1.90 bits per heavy atom. The van der Waals surface area contributed by atoms with Crippen LogP contribution in [0.5, 0.6) is 0 Å². The fourth-order valence-electron chi connectivity index (χ4n) is 3.48. The Morgan fingerprint density at radius 3 is 2.65 bits per heavy atom. The molecule has 20 heavy (non-hydrogen) atoms. The maximum Gasteiger partial charge on any atom is 0.223 e. The standard InChI is InChI=1S/C15H26N2O3/c18-15(10-12-3-5-16-6-4-12)17-7-9-20-14(11-17)13-2-1-8-19-13/h12-14,16H,1-11H2/t13-,14-/m1/s1. The number of carbonyl (C=O) groups excluding carboxylic acids is 1. The molecular formula is C15H26N2O3. The molecule has 0 bridgehead atoms. The van der Waals surface area contributed by atoms with Gasteiger partial charge in [-0.2, -0.15) is 0 Å². The second-order valence-electron chi connectivity index (χ2n) is 6.20. The third kappa shape index (κ3) is 3.51. The number of rotatable bonds is 3. The predicted octanol–water partition coefficient (Wildman–Crippen LogP) is 0.783. The third-order valence-electron chi connectivity index (χ3n) is 4.75. The van der Waals surface area contributed by atoms with Gasteiger partial charge in [-0.3, -0.25) is 4.79 Å². The Balaban J connectivity index is 1.49. The molecule has 5 nitrogen and oxygen atoms in total. The number of nitrogens with zero attached hydrogens (tertiary/aromatic N) is 1. The molecule has 0 aromatic carbocycles. The van der Waals surface area contributed by atoms with Crippen molar-refractivity contribution < 1.29 is 14.3 Å². The van der Waals surface area contributed by atoms with E-state index >= 15 is 0 Å². The van der Waals surface area contributed by atoms with Crippen molar-refractivity contribution in [1.82, 2.24) is 10.2 Å². The molecule has 0 aromatic heterocycles. The molecule has 0 unspecified atom stereocenters. The number of hydrogen-bond donors (Lipinski definition) is 1. The first-order chi connectivity index (χ1) is 9.83. The summed E-state index contributed by atoms with van der Waals surface area (Å²) in [5.41, 5.74) is 0. The minimum absolute atomic E-state index is 0.0863. The zero-order valence-corrected chi connectivity index (χ0v) is 12.2. The number of hydrogen-bond acceptors (Lipinski definition) is 4. The molecule has 3 aliphatic rings. The van der Waals surface area contributed by atoms with Gasteiger partial charge in [-0.15, -0.1) is 0 Å². The van der Waals surface area contributed by atoms with Gasteiger partial charge < -0.3 is 19.7 Å². The average molecular weight is 282 g/mol. The molecule has 0 aliphatic carbocycles. The Labute approximate surface area is 121 Å². The highest BCUT2D eigenvalue weighted by atomic mass is 16.5. The van der Waals surface area contributed by atoms with Crippen LogP contribution in [0.1, 0.15) is 32.1 Å². The monoisotopic (exact) mass is 282 g/mol. The molecule has 1 N–H and O–H groups in total. The van der Waals surface area contributed by atoms with Crippen molar-refractivity contribution in [2.24, 2.45) is 5.92 Å². The first-order valence-electron chi connectivity index (χ1n) is 8.04. The summed E-state index contributed by atoms with van der Waals surface area (Å²) in [6, 6.07) is 0. The van der Waals surface area contributed by atoms with Crippen LogP contribution in [0.2, 0.25) is 0 Å². The first kappa shape index (κ1) is 14.3. The lowest BCUT2D eigenvalue weighted by Crippen LogP contribution is -2.50. The lowest BCUT2D eigenvalue weighted by Gasteiger charge is -2.36. The van der Waals surface area contributed by atoms with E-state index in [9.17, 15) is 4.79 Å². The fraction of sp³-hybridized carbons (Fsp3) is 0.933. The molecule has 3 fully saturated rings. The van der Waals surface area contributed by atoms with Gasteiger partial charge >= 0.3 is 0 Å². The molecule has 114 valence electrons. The minimum atomic E-state index is 0.0863. The van der Waals surface area contributed by atoms with E-state index in [1.54, 1.807) is 0 Å². The summed E-state index contributed by atoms with van der Waals surface area (Å²) < 4.78 is 11.5. The molecule has 2 atom stereocenters. The molecular weight excluding hydrogens is 256 g/mol. The van der Waals surface area contributed by atoms with Crippen molar-refractivity contribution in [1.29, 1.82) is 0 Å². The third-order valence-corrected chi connectivity index (χ3v) is 4.75. The Kier molecular flexibility index (Phi) is 4.91. The second kappa shape index (κ2) is 6.87. The van der Waals surface area contributed by atoms with Crippen molar-refractivity contribution in [3.8, 4) is 0 Å². The number of ether oxygens (including phenoxy) is 2. The van der Waals surface area contributed by atoms with Gasteiger partial charge in [0.1, 0.15) is 6.10 Å². The van der Waals surface area contributed by atoms with Crippen molar-refractivity contribution >= 4 is 5.91 Å². The molecule has 5 heteroatoms. The molecule has 1 amide bonds.